The number of nitrogens with one attached hydrogen (secondary N) is 1. The molecule has 2 aromatic carbocycles. The van der Waals surface area contributed by atoms with Gasteiger partial charge in [-0.25, -0.2) is 9.97 Å². The number of carbonyl (C=O) groups is 1. The Morgan fingerprint density at radius 3 is 2.19 bits per heavy atom. The van der Waals surface area contributed by atoms with E-state index in [-0.39, 0.29) is 5.91 Å². The van der Waals surface area contributed by atoms with E-state index in [1.54, 1.807) is 6.20 Å². The lowest BCUT2D eigenvalue weighted by Crippen LogP contribution is -2.49. The Kier molecular flexibility index (Phi) is 8.11. The van der Waals surface area contributed by atoms with Crippen LogP contribution in [0.3, 0.4) is 0 Å². The number of anilines is 2. The SMILES string of the molecule is O=C(c1ccc(Nc2nccc(-c3ccc(Cl)cc3)n2)cc1)N1CCN(CCCN2CCCC2)CC1. The molecule has 8 heteroatoms. The second-order valence-electron chi connectivity index (χ2n) is 9.51. The maximum atomic E-state index is 13.0. The molecule has 1 N–H and O–H groups in total. The predicted molar refractivity (Wildman–Crippen MR) is 145 cm³/mol. The number of halogens is 1. The fourth-order valence-electron chi connectivity index (χ4n) is 4.91. The van der Waals surface area contributed by atoms with Gasteiger partial charge in [0.25, 0.3) is 5.91 Å². The number of hydrogen-bond acceptors (Lipinski definition) is 6. The highest BCUT2D eigenvalue weighted by molar-refractivity contribution is 6.30. The number of amides is 1. The first-order chi connectivity index (χ1) is 17.6. The van der Waals surface area contributed by atoms with Crippen molar-refractivity contribution in [1.82, 2.24) is 24.7 Å². The minimum Gasteiger partial charge on any atom is -0.336 e. The van der Waals surface area contributed by atoms with Crippen LogP contribution in [-0.4, -0.2) is 82.9 Å². The van der Waals surface area contributed by atoms with Crippen molar-refractivity contribution in [2.45, 2.75) is 19.3 Å². The topological polar surface area (TPSA) is 64.6 Å². The molecule has 3 heterocycles. The molecular formula is C28H33ClN6O. The third-order valence-corrected chi connectivity index (χ3v) is 7.24. The van der Waals surface area contributed by atoms with E-state index in [9.17, 15) is 4.79 Å². The van der Waals surface area contributed by atoms with Crippen LogP contribution in [0.2, 0.25) is 5.02 Å². The summed E-state index contributed by atoms with van der Waals surface area (Å²) in [6.45, 7) is 8.33. The molecule has 0 aliphatic carbocycles. The number of aromatic nitrogens is 2. The monoisotopic (exact) mass is 504 g/mol. The molecule has 188 valence electrons. The number of hydrogen-bond donors (Lipinski definition) is 1. The maximum Gasteiger partial charge on any atom is 0.253 e. The molecule has 0 unspecified atom stereocenters. The minimum atomic E-state index is 0.0965. The second-order valence-corrected chi connectivity index (χ2v) is 9.95. The summed E-state index contributed by atoms with van der Waals surface area (Å²) in [5.41, 5.74) is 3.32. The van der Waals surface area contributed by atoms with Gasteiger partial charge in [-0.05, 0) is 87.9 Å². The van der Waals surface area contributed by atoms with Crippen molar-refractivity contribution in [3.8, 4) is 11.3 Å². The van der Waals surface area contributed by atoms with Crippen LogP contribution in [0.4, 0.5) is 11.6 Å². The van der Waals surface area contributed by atoms with Gasteiger partial charge in [-0.2, -0.15) is 0 Å². The van der Waals surface area contributed by atoms with Crippen LogP contribution in [0.1, 0.15) is 29.6 Å². The van der Waals surface area contributed by atoms with Gasteiger partial charge in [0.2, 0.25) is 5.95 Å². The standard InChI is InChI=1S/C28H33ClN6O/c29-24-8-4-22(5-9-24)26-12-13-30-28(32-26)31-25-10-6-23(7-11-25)27(36)35-20-18-34(19-21-35)17-3-16-33-14-1-2-15-33/h4-13H,1-3,14-21H2,(H,30,31,32). The third-order valence-electron chi connectivity index (χ3n) is 6.99. The second kappa shape index (κ2) is 11.8. The predicted octanol–water partition coefficient (Wildman–Crippen LogP) is 4.78. The van der Waals surface area contributed by atoms with E-state index < -0.39 is 0 Å². The largest absolute Gasteiger partial charge is 0.336 e. The molecule has 2 aliphatic rings. The van der Waals surface area contributed by atoms with Crippen molar-refractivity contribution < 1.29 is 4.79 Å². The third kappa shape index (κ3) is 6.40. The average Bonchev–Trinajstić information content (AvgIpc) is 3.43. The van der Waals surface area contributed by atoms with E-state index in [1.807, 2.05) is 59.5 Å². The smallest absolute Gasteiger partial charge is 0.253 e. The first-order valence-electron chi connectivity index (χ1n) is 12.8. The van der Waals surface area contributed by atoms with Gasteiger partial charge in [0.1, 0.15) is 0 Å². The molecule has 36 heavy (non-hydrogen) atoms. The number of rotatable bonds is 8. The van der Waals surface area contributed by atoms with Gasteiger partial charge in [0.05, 0.1) is 5.69 Å². The van der Waals surface area contributed by atoms with Crippen LogP contribution in [0, 0.1) is 0 Å². The van der Waals surface area contributed by atoms with Crippen molar-refractivity contribution in [1.29, 1.82) is 0 Å². The van der Waals surface area contributed by atoms with Gasteiger partial charge in [-0.15, -0.1) is 0 Å². The Balaban J connectivity index is 1.11. The highest BCUT2D eigenvalue weighted by Gasteiger charge is 2.22. The van der Waals surface area contributed by atoms with E-state index >= 15 is 0 Å². The molecule has 0 saturated carbocycles. The molecule has 2 aliphatic heterocycles. The first-order valence-corrected chi connectivity index (χ1v) is 13.2. The van der Waals surface area contributed by atoms with Crippen LogP contribution in [0.25, 0.3) is 11.3 Å². The minimum absolute atomic E-state index is 0.0965. The molecule has 3 aromatic rings. The van der Waals surface area contributed by atoms with E-state index in [0.717, 1.165) is 49.7 Å². The van der Waals surface area contributed by atoms with Crippen LogP contribution in [0.5, 0.6) is 0 Å². The van der Waals surface area contributed by atoms with E-state index in [0.29, 0.717) is 16.5 Å². The molecule has 1 aromatic heterocycles. The van der Waals surface area contributed by atoms with Crippen LogP contribution < -0.4 is 5.32 Å². The number of piperazine rings is 1. The number of carbonyl (C=O) groups excluding carboxylic acids is 1. The zero-order valence-corrected chi connectivity index (χ0v) is 21.3. The highest BCUT2D eigenvalue weighted by atomic mass is 35.5. The van der Waals surface area contributed by atoms with Gasteiger partial charge in [-0.3, -0.25) is 9.69 Å². The average molecular weight is 505 g/mol. The highest BCUT2D eigenvalue weighted by Crippen LogP contribution is 2.22. The van der Waals surface area contributed by atoms with Gasteiger partial charge >= 0.3 is 0 Å². The van der Waals surface area contributed by atoms with E-state index in [1.165, 1.54) is 38.9 Å². The molecule has 5 rings (SSSR count). The number of nitrogens with zero attached hydrogens (tertiary/aromatic N) is 5. The Morgan fingerprint density at radius 2 is 1.50 bits per heavy atom. The normalized spacial score (nSPS) is 16.9. The summed E-state index contributed by atoms with van der Waals surface area (Å²) in [5, 5.41) is 3.92. The van der Waals surface area contributed by atoms with Gasteiger partial charge in [0, 0.05) is 54.2 Å². The molecule has 0 radical (unpaired) electrons. The lowest BCUT2D eigenvalue weighted by Gasteiger charge is -2.35. The summed E-state index contributed by atoms with van der Waals surface area (Å²) in [4.78, 5) is 29.0. The summed E-state index contributed by atoms with van der Waals surface area (Å²) in [6.07, 6.45) is 5.64. The summed E-state index contributed by atoms with van der Waals surface area (Å²) in [5.74, 6) is 0.599. The molecule has 1 amide bonds. The van der Waals surface area contributed by atoms with Gasteiger partial charge in [-0.1, -0.05) is 23.7 Å². The summed E-state index contributed by atoms with van der Waals surface area (Å²) in [6, 6.07) is 17.0. The fraction of sp³-hybridized carbons (Fsp3) is 0.393. The summed E-state index contributed by atoms with van der Waals surface area (Å²) >= 11 is 5.99. The van der Waals surface area contributed by atoms with Crippen molar-refractivity contribution in [2.75, 3.05) is 57.7 Å². The van der Waals surface area contributed by atoms with E-state index in [4.69, 9.17) is 11.6 Å². The summed E-state index contributed by atoms with van der Waals surface area (Å²) in [7, 11) is 0. The van der Waals surface area contributed by atoms with Crippen molar-refractivity contribution in [3.63, 3.8) is 0 Å². The Labute approximate surface area is 218 Å². The Bertz CT molecular complexity index is 1140. The maximum absolute atomic E-state index is 13.0. The molecule has 7 nitrogen and oxygen atoms in total. The quantitative estimate of drug-likeness (QED) is 0.476. The van der Waals surface area contributed by atoms with Crippen molar-refractivity contribution in [3.05, 3.63) is 71.4 Å². The van der Waals surface area contributed by atoms with Gasteiger partial charge < -0.3 is 15.1 Å². The molecular weight excluding hydrogens is 472 g/mol. The van der Waals surface area contributed by atoms with Crippen LogP contribution in [-0.2, 0) is 0 Å². The molecule has 0 atom stereocenters. The molecule has 2 fully saturated rings. The zero-order chi connectivity index (χ0) is 24.7. The number of likely N-dealkylation sites (tertiary alicyclic amines) is 1. The van der Waals surface area contributed by atoms with Crippen LogP contribution >= 0.6 is 11.6 Å². The number of benzene rings is 2. The Hall–Kier alpha value is -3.00. The van der Waals surface area contributed by atoms with Crippen molar-refractivity contribution >= 4 is 29.1 Å². The van der Waals surface area contributed by atoms with Gasteiger partial charge in [0.15, 0.2) is 0 Å². The Morgan fingerprint density at radius 1 is 0.833 bits per heavy atom. The fourth-order valence-corrected chi connectivity index (χ4v) is 5.03. The van der Waals surface area contributed by atoms with Crippen molar-refractivity contribution in [2.24, 2.45) is 0 Å². The lowest BCUT2D eigenvalue weighted by atomic mass is 10.1. The summed E-state index contributed by atoms with van der Waals surface area (Å²) < 4.78 is 0. The first kappa shape index (κ1) is 24.7. The molecule has 0 spiro atoms. The van der Waals surface area contributed by atoms with E-state index in [2.05, 4.69) is 25.1 Å². The zero-order valence-electron chi connectivity index (χ0n) is 20.6. The molecule has 2 saturated heterocycles. The lowest BCUT2D eigenvalue weighted by molar-refractivity contribution is 0.0633. The molecule has 0 bridgehead atoms. The van der Waals surface area contributed by atoms with Crippen LogP contribution in [0.15, 0.2) is 60.8 Å².